The average Bonchev–Trinajstić information content (AvgIpc) is 2.76. The number of phenolic OH excluding ortho intramolecular Hbond substituents is 1. The zero-order valence-corrected chi connectivity index (χ0v) is 19.5. The molecule has 6 N–H and O–H groups in total. The number of Topliss-reactive ketones (excluding diaryl/α,β-unsaturated/α-hetero) is 2. The fourth-order valence-electron chi connectivity index (χ4n) is 5.65. The quantitative estimate of drug-likeness (QED) is 0.440. The van der Waals surface area contributed by atoms with E-state index in [4.69, 9.17) is 5.73 Å². The number of fused-ring (bicyclic) bond motifs is 3. The Hall–Kier alpha value is -3.32. The second kappa shape index (κ2) is 8.47. The van der Waals surface area contributed by atoms with Gasteiger partial charge in [0.1, 0.15) is 17.3 Å². The molecule has 4 rings (SSSR count). The molecule has 0 bridgehead atoms. The van der Waals surface area contributed by atoms with Gasteiger partial charge in [0.15, 0.2) is 11.4 Å². The van der Waals surface area contributed by atoms with Gasteiger partial charge in [-0.2, -0.15) is 0 Å². The molecular weight excluding hydrogens is 434 g/mol. The monoisotopic (exact) mass is 465 g/mol. The number of hydrogen-bond donors (Lipinski definition) is 5. The van der Waals surface area contributed by atoms with E-state index in [0.717, 1.165) is 30.4 Å². The summed E-state index contributed by atoms with van der Waals surface area (Å²) in [6.07, 6.45) is 5.54. The summed E-state index contributed by atoms with van der Waals surface area (Å²) in [6, 6.07) is 3.24. The first-order valence-corrected chi connectivity index (χ1v) is 11.7. The maximum absolute atomic E-state index is 13.6. The van der Waals surface area contributed by atoms with E-state index in [1.807, 2.05) is 13.0 Å². The molecule has 1 aromatic carbocycles. The number of benzene rings is 1. The number of carbonyl (C=O) groups excluding carboxylic acids is 2. The van der Waals surface area contributed by atoms with E-state index < -0.39 is 34.8 Å². The number of carbonyl (C=O) groups is 2. The van der Waals surface area contributed by atoms with Crippen LogP contribution in [0.1, 0.15) is 67.4 Å². The molecule has 7 nitrogen and oxygen atoms in total. The number of aliphatic hydroxyl groups is 3. The third kappa shape index (κ3) is 3.46. The Morgan fingerprint density at radius 1 is 1.24 bits per heavy atom. The number of unbranched alkanes of at least 4 members (excludes halogenated alkanes) is 1. The summed E-state index contributed by atoms with van der Waals surface area (Å²) in [5, 5.41) is 43.5. The van der Waals surface area contributed by atoms with Gasteiger partial charge >= 0.3 is 0 Å². The highest BCUT2D eigenvalue weighted by atomic mass is 16.3. The Morgan fingerprint density at radius 2 is 1.94 bits per heavy atom. The second-order valence-electron chi connectivity index (χ2n) is 9.69. The van der Waals surface area contributed by atoms with Gasteiger partial charge in [-0.1, -0.05) is 37.6 Å². The molecule has 0 unspecified atom stereocenters. The molecule has 0 radical (unpaired) electrons. The Balaban J connectivity index is 1.84. The number of phenols is 1. The predicted octanol–water partition coefficient (Wildman–Crippen LogP) is 4.16. The summed E-state index contributed by atoms with van der Waals surface area (Å²) < 4.78 is 0. The van der Waals surface area contributed by atoms with Gasteiger partial charge in [-0.15, -0.1) is 0 Å². The van der Waals surface area contributed by atoms with Gasteiger partial charge in [0.25, 0.3) is 0 Å². The van der Waals surface area contributed by atoms with Gasteiger partial charge in [-0.25, -0.2) is 0 Å². The van der Waals surface area contributed by atoms with Crippen molar-refractivity contribution in [1.29, 1.82) is 0 Å². The van der Waals surface area contributed by atoms with Gasteiger partial charge in [0, 0.05) is 23.6 Å². The Morgan fingerprint density at radius 3 is 2.59 bits per heavy atom. The first-order valence-electron chi connectivity index (χ1n) is 11.7. The summed E-state index contributed by atoms with van der Waals surface area (Å²) >= 11 is 0. The normalized spacial score (nSPS) is 26.9. The van der Waals surface area contributed by atoms with Crippen LogP contribution in [0.15, 0.2) is 52.6 Å². The van der Waals surface area contributed by atoms with E-state index >= 15 is 0 Å². The van der Waals surface area contributed by atoms with Crippen molar-refractivity contribution in [2.24, 2.45) is 17.6 Å². The summed E-state index contributed by atoms with van der Waals surface area (Å²) in [4.78, 5) is 26.7. The minimum absolute atomic E-state index is 0.0675. The second-order valence-corrected chi connectivity index (χ2v) is 9.69. The van der Waals surface area contributed by atoms with Gasteiger partial charge in [0.05, 0.1) is 11.1 Å². The van der Waals surface area contributed by atoms with Crippen LogP contribution in [-0.4, -0.2) is 37.6 Å². The molecule has 3 atom stereocenters. The molecule has 0 aromatic heterocycles. The van der Waals surface area contributed by atoms with Crippen LogP contribution in [0.2, 0.25) is 0 Å². The van der Waals surface area contributed by atoms with E-state index in [2.05, 4.69) is 13.5 Å². The van der Waals surface area contributed by atoms with Crippen molar-refractivity contribution in [3.05, 3.63) is 69.3 Å². The summed E-state index contributed by atoms with van der Waals surface area (Å²) in [5.74, 6) is -4.08. The largest absolute Gasteiger partial charge is 0.511 e. The Kier molecular flexibility index (Phi) is 5.94. The topological polar surface area (TPSA) is 141 Å². The molecule has 0 aliphatic heterocycles. The molecule has 0 heterocycles. The van der Waals surface area contributed by atoms with Gasteiger partial charge < -0.3 is 26.2 Å². The van der Waals surface area contributed by atoms with E-state index in [0.29, 0.717) is 12.0 Å². The number of hydrogen-bond acceptors (Lipinski definition) is 7. The van der Waals surface area contributed by atoms with Crippen LogP contribution in [0.5, 0.6) is 5.75 Å². The molecule has 3 aliphatic carbocycles. The Bertz CT molecular complexity index is 1200. The lowest BCUT2D eigenvalue weighted by atomic mass is 9.60. The predicted molar refractivity (Wildman–Crippen MR) is 128 cm³/mol. The fourth-order valence-corrected chi connectivity index (χ4v) is 5.65. The molecule has 0 amide bonds. The first-order chi connectivity index (χ1) is 16.0. The van der Waals surface area contributed by atoms with Crippen molar-refractivity contribution < 1.29 is 30.0 Å². The lowest BCUT2D eigenvalue weighted by Gasteiger charge is -2.46. The smallest absolute Gasteiger partial charge is 0.207 e. The first kappa shape index (κ1) is 23.8. The molecule has 7 heteroatoms. The number of nitrogens with two attached hydrogens (primary N) is 1. The van der Waals surface area contributed by atoms with Crippen LogP contribution in [0.4, 0.5) is 0 Å². The van der Waals surface area contributed by atoms with E-state index in [9.17, 15) is 30.0 Å². The number of ketones is 2. The molecule has 3 aliphatic rings. The zero-order chi connectivity index (χ0) is 24.9. The molecule has 34 heavy (non-hydrogen) atoms. The molecule has 0 saturated heterocycles. The van der Waals surface area contributed by atoms with Crippen LogP contribution >= 0.6 is 0 Å². The fraction of sp³-hybridized carbons (Fsp3) is 0.407. The maximum Gasteiger partial charge on any atom is 0.207 e. The van der Waals surface area contributed by atoms with Crippen molar-refractivity contribution in [3.63, 3.8) is 0 Å². The van der Waals surface area contributed by atoms with Crippen LogP contribution in [0.25, 0.3) is 6.08 Å². The number of allylic oxidation sites excluding steroid dienone is 4. The van der Waals surface area contributed by atoms with Crippen LogP contribution in [-0.2, 0) is 11.2 Å². The molecule has 0 saturated carbocycles. The lowest BCUT2D eigenvalue weighted by Crippen LogP contribution is -2.56. The summed E-state index contributed by atoms with van der Waals surface area (Å²) in [5.41, 5.74) is 5.42. The summed E-state index contributed by atoms with van der Waals surface area (Å²) in [6.45, 7) is 7.64. The van der Waals surface area contributed by atoms with Crippen molar-refractivity contribution in [3.8, 4) is 5.75 Å². The van der Waals surface area contributed by atoms with Gasteiger partial charge in [0.2, 0.25) is 5.78 Å². The van der Waals surface area contributed by atoms with Crippen LogP contribution in [0.3, 0.4) is 0 Å². The molecule has 0 spiro atoms. The highest BCUT2D eigenvalue weighted by Gasteiger charge is 2.59. The van der Waals surface area contributed by atoms with Gasteiger partial charge in [-0.05, 0) is 55.7 Å². The van der Waals surface area contributed by atoms with Crippen molar-refractivity contribution in [2.45, 2.75) is 58.0 Å². The molecular formula is C27H31NO6. The molecule has 1 aromatic rings. The number of aromatic hydroxyl groups is 1. The van der Waals surface area contributed by atoms with Crippen molar-refractivity contribution >= 4 is 17.6 Å². The summed E-state index contributed by atoms with van der Waals surface area (Å²) in [7, 11) is 0. The van der Waals surface area contributed by atoms with Gasteiger partial charge in [-0.3, -0.25) is 9.59 Å². The third-order valence-electron chi connectivity index (χ3n) is 7.38. The Labute approximate surface area is 198 Å². The third-order valence-corrected chi connectivity index (χ3v) is 7.38. The lowest BCUT2D eigenvalue weighted by molar-refractivity contribution is -0.142. The minimum atomic E-state index is -2.38. The number of aliphatic hydroxyl groups excluding tert-OH is 2. The maximum atomic E-state index is 13.6. The minimum Gasteiger partial charge on any atom is -0.511 e. The van der Waals surface area contributed by atoms with Crippen molar-refractivity contribution in [2.75, 3.05) is 0 Å². The van der Waals surface area contributed by atoms with E-state index in [1.165, 1.54) is 6.07 Å². The molecule has 0 fully saturated rings. The number of rotatable bonds is 5. The van der Waals surface area contributed by atoms with E-state index in [1.54, 1.807) is 6.07 Å². The zero-order valence-electron chi connectivity index (χ0n) is 19.5. The standard InChI is InChI=1S/C27H31NO6/c1-4-5-6-13(2)9-15-7-8-19(29)23-18(15)11-16-10-17-12-20(30)21(14(3)28)25(32)27(17,34)26(33)22(16)24(23)31/h7-9,16-17,29-30,33-34H,3-6,10-12,28H2,1-2H3/b13-9+/t16-,17+,27-/m1/s1. The van der Waals surface area contributed by atoms with Crippen molar-refractivity contribution in [1.82, 2.24) is 0 Å². The van der Waals surface area contributed by atoms with Crippen LogP contribution in [0, 0.1) is 11.8 Å². The van der Waals surface area contributed by atoms with E-state index in [-0.39, 0.29) is 46.8 Å². The SMILES string of the molecule is C=C(N)C1=C(O)C[C@@H]2C[C@@H]3Cc4c(/C=C(\C)CCCC)ccc(O)c4C(=O)C3=C(O)[C@]2(O)C1=O. The average molecular weight is 466 g/mol. The highest BCUT2D eigenvalue weighted by molar-refractivity contribution is 6.16. The molecule has 180 valence electrons. The highest BCUT2D eigenvalue weighted by Crippen LogP contribution is 2.52. The van der Waals surface area contributed by atoms with Crippen LogP contribution < -0.4 is 5.73 Å².